The molecule has 1 aliphatic heterocycles. The van der Waals surface area contributed by atoms with E-state index in [1.54, 1.807) is 18.2 Å². The van der Waals surface area contributed by atoms with Crippen molar-refractivity contribution in [3.05, 3.63) is 90.0 Å². The molecule has 32 heavy (non-hydrogen) atoms. The number of sulfonamides is 1. The van der Waals surface area contributed by atoms with Gasteiger partial charge in [0.2, 0.25) is 10.0 Å². The fourth-order valence-electron chi connectivity index (χ4n) is 4.03. The van der Waals surface area contributed by atoms with E-state index in [-0.39, 0.29) is 0 Å². The van der Waals surface area contributed by atoms with Gasteiger partial charge < -0.3 is 10.2 Å². The Kier molecular flexibility index (Phi) is 7.71. The van der Waals surface area contributed by atoms with Crippen molar-refractivity contribution in [2.45, 2.75) is 30.8 Å². The second-order valence-electron chi connectivity index (χ2n) is 8.26. The van der Waals surface area contributed by atoms with Gasteiger partial charge in [-0.3, -0.25) is 0 Å². The molecule has 1 heterocycles. The highest BCUT2D eigenvalue weighted by Crippen LogP contribution is 2.23. The van der Waals surface area contributed by atoms with Crippen LogP contribution in [-0.4, -0.2) is 39.5 Å². The van der Waals surface area contributed by atoms with E-state index < -0.39 is 10.0 Å². The zero-order valence-corrected chi connectivity index (χ0v) is 19.2. The second-order valence-corrected chi connectivity index (χ2v) is 10.0. The van der Waals surface area contributed by atoms with Crippen LogP contribution in [0.25, 0.3) is 11.1 Å². The van der Waals surface area contributed by atoms with Crippen molar-refractivity contribution in [2.24, 2.45) is 0 Å². The number of benzene rings is 3. The predicted octanol–water partition coefficient (Wildman–Crippen LogP) is 4.02. The molecule has 4 rings (SSSR count). The monoisotopic (exact) mass is 449 g/mol. The Morgan fingerprint density at radius 1 is 0.750 bits per heavy atom. The lowest BCUT2D eigenvalue weighted by atomic mass is 10.0. The lowest BCUT2D eigenvalue weighted by Crippen LogP contribution is -2.33. The molecule has 0 aromatic heterocycles. The summed E-state index contributed by atoms with van der Waals surface area (Å²) in [5.74, 6) is 0. The Bertz CT molecular complexity index is 1090. The fourth-order valence-corrected chi connectivity index (χ4v) is 5.10. The maximum absolute atomic E-state index is 12.7. The molecule has 1 aliphatic rings. The van der Waals surface area contributed by atoms with Crippen LogP contribution in [0.4, 0.5) is 0 Å². The molecule has 3 aromatic rings. The number of nitrogens with one attached hydrogen (secondary N) is 2. The number of nitrogens with zero attached hydrogens (tertiary/aromatic N) is 1. The minimum atomic E-state index is -3.52. The van der Waals surface area contributed by atoms with E-state index in [2.05, 4.69) is 39.2 Å². The summed E-state index contributed by atoms with van der Waals surface area (Å²) >= 11 is 0. The van der Waals surface area contributed by atoms with Crippen molar-refractivity contribution in [1.82, 2.24) is 14.9 Å². The van der Waals surface area contributed by atoms with E-state index in [0.29, 0.717) is 11.4 Å². The van der Waals surface area contributed by atoms with Crippen molar-refractivity contribution >= 4 is 10.0 Å². The average Bonchev–Trinajstić information content (AvgIpc) is 3.34. The molecule has 0 atom stereocenters. The van der Waals surface area contributed by atoms with Gasteiger partial charge in [0, 0.05) is 26.2 Å². The summed E-state index contributed by atoms with van der Waals surface area (Å²) in [6.45, 7) is 4.94. The Labute approximate surface area is 191 Å². The lowest BCUT2D eigenvalue weighted by molar-refractivity contribution is 0.344. The Morgan fingerprint density at radius 3 is 2.16 bits per heavy atom. The summed E-state index contributed by atoms with van der Waals surface area (Å²) < 4.78 is 28.2. The molecule has 3 aromatic carbocycles. The van der Waals surface area contributed by atoms with E-state index in [1.807, 2.05) is 36.4 Å². The van der Waals surface area contributed by atoms with Gasteiger partial charge in [0.05, 0.1) is 4.90 Å². The van der Waals surface area contributed by atoms with Crippen molar-refractivity contribution in [3.63, 3.8) is 0 Å². The summed E-state index contributed by atoms with van der Waals surface area (Å²) in [6.07, 6.45) is 2.41. The number of rotatable bonds is 10. The highest BCUT2D eigenvalue weighted by molar-refractivity contribution is 7.89. The highest BCUT2D eigenvalue weighted by Gasteiger charge is 2.16. The Hall–Kier alpha value is -2.51. The fraction of sp³-hybridized carbons (Fsp3) is 0.308. The van der Waals surface area contributed by atoms with Crippen molar-refractivity contribution in [2.75, 3.05) is 26.2 Å². The van der Waals surface area contributed by atoms with E-state index in [1.165, 1.54) is 24.0 Å². The third-order valence-electron chi connectivity index (χ3n) is 5.85. The van der Waals surface area contributed by atoms with Gasteiger partial charge in [-0.2, -0.15) is 0 Å². The SMILES string of the molecule is O=S(=O)(NCCN1CCCC1)c1cccc(-c2ccc(CNCc3ccccc3)cc2)c1. The van der Waals surface area contributed by atoms with Crippen molar-refractivity contribution in [3.8, 4) is 11.1 Å². The van der Waals surface area contributed by atoms with E-state index in [0.717, 1.165) is 43.9 Å². The summed E-state index contributed by atoms with van der Waals surface area (Å²) in [5, 5.41) is 3.45. The smallest absolute Gasteiger partial charge is 0.240 e. The quantitative estimate of drug-likeness (QED) is 0.491. The predicted molar refractivity (Wildman–Crippen MR) is 130 cm³/mol. The van der Waals surface area contributed by atoms with Gasteiger partial charge >= 0.3 is 0 Å². The van der Waals surface area contributed by atoms with Crippen LogP contribution in [0.5, 0.6) is 0 Å². The van der Waals surface area contributed by atoms with E-state index >= 15 is 0 Å². The summed E-state index contributed by atoms with van der Waals surface area (Å²) in [7, 11) is -3.52. The first-order chi connectivity index (χ1) is 15.6. The van der Waals surface area contributed by atoms with Gasteiger partial charge in [-0.05, 0) is 60.3 Å². The summed E-state index contributed by atoms with van der Waals surface area (Å²) in [4.78, 5) is 2.61. The molecular weight excluding hydrogens is 418 g/mol. The molecule has 1 fully saturated rings. The zero-order chi connectivity index (χ0) is 22.2. The Balaban J connectivity index is 1.34. The standard InChI is InChI=1S/C26H31N3O2S/c30-32(31,28-15-18-29-16-4-5-17-29)26-10-6-9-25(19-26)24-13-11-23(12-14-24)21-27-20-22-7-2-1-3-8-22/h1-3,6-14,19,27-28H,4-5,15-18,20-21H2. The van der Waals surface area contributed by atoms with E-state index in [9.17, 15) is 8.42 Å². The van der Waals surface area contributed by atoms with Crippen LogP contribution < -0.4 is 10.0 Å². The van der Waals surface area contributed by atoms with E-state index in [4.69, 9.17) is 0 Å². The van der Waals surface area contributed by atoms with Crippen LogP contribution >= 0.6 is 0 Å². The average molecular weight is 450 g/mol. The molecule has 6 heteroatoms. The summed E-state index contributed by atoms with van der Waals surface area (Å²) in [6, 6.07) is 25.8. The maximum Gasteiger partial charge on any atom is 0.240 e. The van der Waals surface area contributed by atoms with Crippen LogP contribution in [0.1, 0.15) is 24.0 Å². The third-order valence-corrected chi connectivity index (χ3v) is 7.31. The van der Waals surface area contributed by atoms with Crippen LogP contribution in [0.2, 0.25) is 0 Å². The van der Waals surface area contributed by atoms with Gasteiger partial charge in [0.1, 0.15) is 0 Å². The molecule has 0 spiro atoms. The Morgan fingerprint density at radius 2 is 1.44 bits per heavy atom. The molecule has 5 nitrogen and oxygen atoms in total. The number of hydrogen-bond donors (Lipinski definition) is 2. The van der Waals surface area contributed by atoms with Gasteiger partial charge in [0.25, 0.3) is 0 Å². The molecule has 0 aliphatic carbocycles. The molecule has 168 valence electrons. The number of likely N-dealkylation sites (tertiary alicyclic amines) is 1. The molecule has 1 saturated heterocycles. The third kappa shape index (κ3) is 6.26. The van der Waals surface area contributed by atoms with Gasteiger partial charge in [0.15, 0.2) is 0 Å². The highest BCUT2D eigenvalue weighted by atomic mass is 32.2. The van der Waals surface area contributed by atoms with Crippen LogP contribution in [0.3, 0.4) is 0 Å². The normalized spacial score (nSPS) is 14.6. The van der Waals surface area contributed by atoms with Gasteiger partial charge in [-0.15, -0.1) is 0 Å². The maximum atomic E-state index is 12.7. The van der Waals surface area contributed by atoms with Crippen LogP contribution in [0, 0.1) is 0 Å². The molecule has 0 radical (unpaired) electrons. The molecule has 0 bridgehead atoms. The largest absolute Gasteiger partial charge is 0.309 e. The molecule has 0 unspecified atom stereocenters. The zero-order valence-electron chi connectivity index (χ0n) is 18.3. The first-order valence-electron chi connectivity index (χ1n) is 11.3. The van der Waals surface area contributed by atoms with Gasteiger partial charge in [-0.25, -0.2) is 13.1 Å². The first-order valence-corrected chi connectivity index (χ1v) is 12.7. The lowest BCUT2D eigenvalue weighted by Gasteiger charge is -2.15. The molecular formula is C26H31N3O2S. The van der Waals surface area contributed by atoms with Crippen LogP contribution in [-0.2, 0) is 23.1 Å². The van der Waals surface area contributed by atoms with Gasteiger partial charge in [-0.1, -0.05) is 66.7 Å². The molecule has 0 amide bonds. The van der Waals surface area contributed by atoms with Crippen molar-refractivity contribution in [1.29, 1.82) is 0 Å². The second kappa shape index (κ2) is 10.9. The molecule has 0 saturated carbocycles. The molecule has 2 N–H and O–H groups in total. The summed E-state index contributed by atoms with van der Waals surface area (Å²) in [5.41, 5.74) is 4.36. The first kappa shape index (κ1) is 22.7. The minimum Gasteiger partial charge on any atom is -0.309 e. The minimum absolute atomic E-state index is 0.310. The van der Waals surface area contributed by atoms with Crippen LogP contribution in [0.15, 0.2) is 83.8 Å². The van der Waals surface area contributed by atoms with Crippen molar-refractivity contribution < 1.29 is 8.42 Å². The number of hydrogen-bond acceptors (Lipinski definition) is 4. The topological polar surface area (TPSA) is 61.4 Å².